The Labute approximate surface area is 114 Å². The Kier molecular flexibility index (Phi) is 5.34. The molecule has 0 amide bonds. The molecule has 0 bridgehead atoms. The summed E-state index contributed by atoms with van der Waals surface area (Å²) in [6.45, 7) is 4.89. The second kappa shape index (κ2) is 6.19. The van der Waals surface area contributed by atoms with Crippen molar-refractivity contribution in [1.82, 2.24) is 4.90 Å². The van der Waals surface area contributed by atoms with Crippen LogP contribution >= 0.6 is 0 Å². The standard InChI is InChI=1S/C12H24N2O4S/c1-3-12(13,11(15)16)5-4-6-14-7-8-19(17,18)9-10(14)2/h10H,3-9,13H2,1-2H3,(H,15,16). The topological polar surface area (TPSA) is 101 Å². The molecular formula is C12H24N2O4S. The molecule has 0 aromatic rings. The summed E-state index contributed by atoms with van der Waals surface area (Å²) in [5.41, 5.74) is 4.66. The number of aliphatic carboxylic acids is 1. The second-order valence-corrected chi connectivity index (χ2v) is 7.65. The van der Waals surface area contributed by atoms with Crippen molar-refractivity contribution in [3.8, 4) is 0 Å². The molecule has 1 heterocycles. The van der Waals surface area contributed by atoms with E-state index in [0.717, 1.165) is 0 Å². The summed E-state index contributed by atoms with van der Waals surface area (Å²) in [5.74, 6) is -0.588. The molecule has 1 saturated heterocycles. The molecule has 6 nitrogen and oxygen atoms in total. The van der Waals surface area contributed by atoms with Gasteiger partial charge in [-0.3, -0.25) is 9.69 Å². The Hall–Kier alpha value is -0.660. The maximum atomic E-state index is 11.5. The zero-order chi connectivity index (χ0) is 14.7. The highest BCUT2D eigenvalue weighted by atomic mass is 32.2. The average molecular weight is 292 g/mol. The van der Waals surface area contributed by atoms with Gasteiger partial charge in [0.2, 0.25) is 0 Å². The summed E-state index contributed by atoms with van der Waals surface area (Å²) >= 11 is 0. The zero-order valence-electron chi connectivity index (χ0n) is 11.6. The van der Waals surface area contributed by atoms with Crippen LogP contribution in [0.3, 0.4) is 0 Å². The molecule has 0 radical (unpaired) electrons. The van der Waals surface area contributed by atoms with E-state index in [1.165, 1.54) is 0 Å². The Balaban J connectivity index is 2.44. The molecule has 0 aromatic carbocycles. The third kappa shape index (κ3) is 4.43. The minimum absolute atomic E-state index is 0.00243. The molecule has 19 heavy (non-hydrogen) atoms. The third-order valence-corrected chi connectivity index (χ3v) is 5.73. The quantitative estimate of drug-likeness (QED) is 0.719. The monoisotopic (exact) mass is 292 g/mol. The normalized spacial score (nSPS) is 26.8. The Morgan fingerprint density at radius 3 is 2.63 bits per heavy atom. The van der Waals surface area contributed by atoms with E-state index in [1.807, 2.05) is 6.92 Å². The van der Waals surface area contributed by atoms with Crippen LogP contribution < -0.4 is 5.73 Å². The molecule has 112 valence electrons. The summed E-state index contributed by atoms with van der Waals surface area (Å²) < 4.78 is 22.9. The van der Waals surface area contributed by atoms with Gasteiger partial charge in [0.05, 0.1) is 11.5 Å². The minimum Gasteiger partial charge on any atom is -0.480 e. The Bertz CT molecular complexity index is 423. The number of hydrogen-bond donors (Lipinski definition) is 2. The average Bonchev–Trinajstić information content (AvgIpc) is 2.30. The lowest BCUT2D eigenvalue weighted by Gasteiger charge is -2.34. The second-order valence-electron chi connectivity index (χ2n) is 5.42. The SMILES string of the molecule is CCC(N)(CCCN1CCS(=O)(=O)CC1C)C(=O)O. The Morgan fingerprint density at radius 1 is 1.53 bits per heavy atom. The molecule has 0 saturated carbocycles. The van der Waals surface area contributed by atoms with Crippen LogP contribution in [0.15, 0.2) is 0 Å². The van der Waals surface area contributed by atoms with Crippen molar-refractivity contribution in [3.63, 3.8) is 0 Å². The van der Waals surface area contributed by atoms with Crippen LogP contribution in [0.4, 0.5) is 0 Å². The first-order valence-electron chi connectivity index (χ1n) is 6.67. The fourth-order valence-corrected chi connectivity index (χ4v) is 4.02. The maximum absolute atomic E-state index is 11.5. The summed E-state index contributed by atoms with van der Waals surface area (Å²) in [5, 5.41) is 9.07. The van der Waals surface area contributed by atoms with Crippen molar-refractivity contribution in [2.24, 2.45) is 5.73 Å². The van der Waals surface area contributed by atoms with Gasteiger partial charge in [0.25, 0.3) is 0 Å². The molecule has 2 unspecified atom stereocenters. The fraction of sp³-hybridized carbons (Fsp3) is 0.917. The summed E-state index contributed by atoms with van der Waals surface area (Å²) in [6.07, 6.45) is 1.47. The number of carboxylic acid groups (broad SMARTS) is 1. The van der Waals surface area contributed by atoms with Gasteiger partial charge in [-0.2, -0.15) is 0 Å². The van der Waals surface area contributed by atoms with Crippen molar-refractivity contribution in [3.05, 3.63) is 0 Å². The summed E-state index contributed by atoms with van der Waals surface area (Å²) in [4.78, 5) is 13.2. The largest absolute Gasteiger partial charge is 0.480 e. The molecular weight excluding hydrogens is 268 g/mol. The first kappa shape index (κ1) is 16.4. The van der Waals surface area contributed by atoms with E-state index in [4.69, 9.17) is 10.8 Å². The number of sulfone groups is 1. The minimum atomic E-state index is -2.90. The Morgan fingerprint density at radius 2 is 2.16 bits per heavy atom. The van der Waals surface area contributed by atoms with E-state index < -0.39 is 21.3 Å². The van der Waals surface area contributed by atoms with Gasteiger partial charge in [0.1, 0.15) is 5.54 Å². The van der Waals surface area contributed by atoms with Gasteiger partial charge in [0, 0.05) is 12.6 Å². The van der Waals surface area contributed by atoms with Gasteiger partial charge in [-0.25, -0.2) is 8.42 Å². The van der Waals surface area contributed by atoms with Crippen molar-refractivity contribution in [2.75, 3.05) is 24.6 Å². The number of nitrogens with two attached hydrogens (primary N) is 1. The van der Waals surface area contributed by atoms with E-state index in [-0.39, 0.29) is 17.5 Å². The maximum Gasteiger partial charge on any atom is 0.323 e. The molecule has 1 aliphatic rings. The van der Waals surface area contributed by atoms with Gasteiger partial charge in [-0.05, 0) is 32.7 Å². The van der Waals surface area contributed by atoms with E-state index in [2.05, 4.69) is 4.90 Å². The van der Waals surface area contributed by atoms with E-state index in [1.54, 1.807) is 6.92 Å². The number of carbonyl (C=O) groups is 1. The lowest BCUT2D eigenvalue weighted by Crippen LogP contribution is -2.49. The predicted molar refractivity (Wildman–Crippen MR) is 73.8 cm³/mol. The van der Waals surface area contributed by atoms with E-state index in [9.17, 15) is 13.2 Å². The molecule has 7 heteroatoms. The first-order valence-corrected chi connectivity index (χ1v) is 8.49. The van der Waals surface area contributed by atoms with E-state index >= 15 is 0 Å². The molecule has 1 fully saturated rings. The lowest BCUT2D eigenvalue weighted by molar-refractivity contribution is -0.143. The molecule has 2 atom stereocenters. The van der Waals surface area contributed by atoms with Crippen LogP contribution in [-0.4, -0.2) is 60.6 Å². The highest BCUT2D eigenvalue weighted by Crippen LogP contribution is 2.17. The van der Waals surface area contributed by atoms with Crippen LogP contribution in [0, 0.1) is 0 Å². The van der Waals surface area contributed by atoms with Crippen molar-refractivity contribution < 1.29 is 18.3 Å². The van der Waals surface area contributed by atoms with Crippen LogP contribution in [0.1, 0.15) is 33.1 Å². The number of carboxylic acids is 1. The van der Waals surface area contributed by atoms with Crippen LogP contribution in [0.5, 0.6) is 0 Å². The molecule has 1 aliphatic heterocycles. The molecule has 1 rings (SSSR count). The third-order valence-electron chi connectivity index (χ3n) is 3.93. The number of hydrogen-bond acceptors (Lipinski definition) is 5. The van der Waals surface area contributed by atoms with Gasteiger partial charge in [-0.15, -0.1) is 0 Å². The number of rotatable bonds is 6. The van der Waals surface area contributed by atoms with Crippen molar-refractivity contribution in [1.29, 1.82) is 0 Å². The first-order chi connectivity index (χ1) is 8.70. The van der Waals surface area contributed by atoms with E-state index in [0.29, 0.717) is 32.4 Å². The van der Waals surface area contributed by atoms with Gasteiger partial charge >= 0.3 is 5.97 Å². The van der Waals surface area contributed by atoms with Crippen LogP contribution in [0.2, 0.25) is 0 Å². The van der Waals surface area contributed by atoms with Crippen molar-refractivity contribution >= 4 is 15.8 Å². The van der Waals surface area contributed by atoms with Crippen LogP contribution in [-0.2, 0) is 14.6 Å². The molecule has 0 aliphatic carbocycles. The summed E-state index contributed by atoms with van der Waals surface area (Å²) in [7, 11) is -2.90. The molecule has 0 spiro atoms. The summed E-state index contributed by atoms with van der Waals surface area (Å²) in [6, 6.07) is -0.00243. The number of nitrogens with zero attached hydrogens (tertiary/aromatic N) is 1. The van der Waals surface area contributed by atoms with Crippen molar-refractivity contribution in [2.45, 2.75) is 44.7 Å². The van der Waals surface area contributed by atoms with Gasteiger partial charge < -0.3 is 10.8 Å². The fourth-order valence-electron chi connectivity index (χ4n) is 2.40. The van der Waals surface area contributed by atoms with Gasteiger partial charge in [0.15, 0.2) is 9.84 Å². The smallest absolute Gasteiger partial charge is 0.323 e. The predicted octanol–water partition coefficient (Wildman–Crippen LogP) is 0.0776. The molecule has 0 aromatic heterocycles. The molecule has 3 N–H and O–H groups in total. The van der Waals surface area contributed by atoms with Gasteiger partial charge in [-0.1, -0.05) is 6.92 Å². The highest BCUT2D eigenvalue weighted by Gasteiger charge is 2.32. The lowest BCUT2D eigenvalue weighted by atomic mass is 9.91. The zero-order valence-corrected chi connectivity index (χ0v) is 12.4. The highest BCUT2D eigenvalue weighted by molar-refractivity contribution is 7.91. The van der Waals surface area contributed by atoms with Crippen LogP contribution in [0.25, 0.3) is 0 Å².